The number of alkyl halides is 1. The van der Waals surface area contributed by atoms with E-state index in [-0.39, 0.29) is 0 Å². The van der Waals surface area contributed by atoms with Gasteiger partial charge >= 0.3 is 0 Å². The lowest BCUT2D eigenvalue weighted by Crippen LogP contribution is -2.33. The van der Waals surface area contributed by atoms with Crippen molar-refractivity contribution in [1.82, 2.24) is 4.90 Å². The molecular formula is C11H21BrN2O2S. The van der Waals surface area contributed by atoms with Crippen molar-refractivity contribution < 1.29 is 9.47 Å². The van der Waals surface area contributed by atoms with E-state index in [1.165, 1.54) is 0 Å². The lowest BCUT2D eigenvalue weighted by molar-refractivity contribution is 0.162. The minimum atomic E-state index is 0.581. The van der Waals surface area contributed by atoms with Crippen LogP contribution in [0.4, 0.5) is 0 Å². The molecule has 1 unspecified atom stereocenters. The number of hydrogen-bond donors (Lipinski definition) is 0. The fourth-order valence-electron chi connectivity index (χ4n) is 1.56. The monoisotopic (exact) mass is 324 g/mol. The van der Waals surface area contributed by atoms with Crippen molar-refractivity contribution in [2.24, 2.45) is 4.99 Å². The standard InChI is InChI=1S/C11H21BrN2O2S/c1-15-6-3-4-14(5-7-16-2)11-13-9-10(8-12)17-11/h10H,3-9H2,1-2H3. The summed E-state index contributed by atoms with van der Waals surface area (Å²) in [5, 5.41) is 2.74. The fraction of sp³-hybridized carbons (Fsp3) is 0.909. The van der Waals surface area contributed by atoms with E-state index in [1.807, 2.05) is 11.8 Å². The van der Waals surface area contributed by atoms with Crippen molar-refractivity contribution in [1.29, 1.82) is 0 Å². The molecule has 17 heavy (non-hydrogen) atoms. The van der Waals surface area contributed by atoms with Gasteiger partial charge in [-0.15, -0.1) is 0 Å². The first-order valence-corrected chi connectivity index (χ1v) is 7.81. The zero-order valence-electron chi connectivity index (χ0n) is 10.5. The zero-order valence-corrected chi connectivity index (χ0v) is 12.9. The number of hydrogen-bond acceptors (Lipinski definition) is 5. The maximum atomic E-state index is 5.14. The molecule has 0 aromatic carbocycles. The summed E-state index contributed by atoms with van der Waals surface area (Å²) in [6.45, 7) is 4.34. The molecule has 0 fully saturated rings. The average molecular weight is 325 g/mol. The third kappa shape index (κ3) is 5.59. The van der Waals surface area contributed by atoms with E-state index in [1.54, 1.807) is 14.2 Å². The third-order valence-corrected chi connectivity index (χ3v) is 4.94. The van der Waals surface area contributed by atoms with Gasteiger partial charge in [-0.25, -0.2) is 0 Å². The average Bonchev–Trinajstić information content (AvgIpc) is 2.82. The van der Waals surface area contributed by atoms with Gasteiger partial charge in [-0.05, 0) is 6.42 Å². The summed E-state index contributed by atoms with van der Waals surface area (Å²) in [5.74, 6) is 0. The zero-order chi connectivity index (χ0) is 12.5. The molecule has 0 spiro atoms. The number of amidine groups is 1. The van der Waals surface area contributed by atoms with E-state index in [4.69, 9.17) is 9.47 Å². The Morgan fingerprint density at radius 1 is 1.35 bits per heavy atom. The van der Waals surface area contributed by atoms with Crippen LogP contribution in [0.5, 0.6) is 0 Å². The summed E-state index contributed by atoms with van der Waals surface area (Å²) >= 11 is 5.37. The summed E-state index contributed by atoms with van der Waals surface area (Å²) < 4.78 is 10.2. The van der Waals surface area contributed by atoms with Gasteiger partial charge in [0.15, 0.2) is 5.17 Å². The fourth-order valence-corrected chi connectivity index (χ4v) is 3.15. The number of ether oxygens (including phenoxy) is 2. The second-order valence-corrected chi connectivity index (χ2v) is 5.76. The summed E-state index contributed by atoms with van der Waals surface area (Å²) in [6.07, 6.45) is 1.03. The van der Waals surface area contributed by atoms with Gasteiger partial charge in [0.05, 0.1) is 13.2 Å². The third-order valence-electron chi connectivity index (χ3n) is 2.49. The minimum absolute atomic E-state index is 0.581. The molecule has 0 aliphatic carbocycles. The molecule has 0 saturated carbocycles. The molecule has 0 aromatic rings. The van der Waals surface area contributed by atoms with Crippen molar-refractivity contribution in [2.45, 2.75) is 11.7 Å². The van der Waals surface area contributed by atoms with Gasteiger partial charge in [0, 0.05) is 44.5 Å². The second kappa shape index (κ2) is 9.19. The number of nitrogens with zero attached hydrogens (tertiary/aromatic N) is 2. The number of methoxy groups -OCH3 is 2. The van der Waals surface area contributed by atoms with Gasteiger partial charge in [-0.1, -0.05) is 27.7 Å². The molecule has 1 atom stereocenters. The number of thioether (sulfide) groups is 1. The summed E-state index contributed by atoms with van der Waals surface area (Å²) in [4.78, 5) is 6.90. The van der Waals surface area contributed by atoms with Gasteiger partial charge in [-0.3, -0.25) is 4.99 Å². The molecule has 1 rings (SSSR count). The van der Waals surface area contributed by atoms with Gasteiger partial charge in [0.25, 0.3) is 0 Å². The quantitative estimate of drug-likeness (QED) is 0.504. The molecule has 0 aromatic heterocycles. The van der Waals surface area contributed by atoms with Gasteiger partial charge < -0.3 is 14.4 Å². The number of aliphatic imine (C=N–C) groups is 1. The second-order valence-electron chi connectivity index (χ2n) is 3.84. The highest BCUT2D eigenvalue weighted by Crippen LogP contribution is 2.24. The summed E-state index contributed by atoms with van der Waals surface area (Å²) in [7, 11) is 3.47. The molecule has 1 heterocycles. The van der Waals surface area contributed by atoms with Crippen LogP contribution in [-0.4, -0.2) is 67.7 Å². The molecule has 4 nitrogen and oxygen atoms in total. The predicted octanol–water partition coefficient (Wildman–Crippen LogP) is 1.84. The molecule has 0 N–H and O–H groups in total. The maximum Gasteiger partial charge on any atom is 0.159 e. The molecule has 0 amide bonds. The van der Waals surface area contributed by atoms with E-state index in [9.17, 15) is 0 Å². The predicted molar refractivity (Wildman–Crippen MR) is 77.4 cm³/mol. The van der Waals surface area contributed by atoms with E-state index >= 15 is 0 Å². The van der Waals surface area contributed by atoms with Crippen LogP contribution in [0.15, 0.2) is 4.99 Å². The molecule has 0 saturated heterocycles. The Bertz CT molecular complexity index is 242. The highest BCUT2D eigenvalue weighted by molar-refractivity contribution is 9.09. The first-order valence-electron chi connectivity index (χ1n) is 5.81. The van der Waals surface area contributed by atoms with Crippen LogP contribution in [0, 0.1) is 0 Å². The van der Waals surface area contributed by atoms with Crippen LogP contribution in [0.25, 0.3) is 0 Å². The maximum absolute atomic E-state index is 5.14. The van der Waals surface area contributed by atoms with E-state index in [0.29, 0.717) is 5.25 Å². The molecule has 1 aliphatic heterocycles. The van der Waals surface area contributed by atoms with Gasteiger partial charge in [0.2, 0.25) is 0 Å². The Labute approximate surface area is 116 Å². The van der Waals surface area contributed by atoms with E-state index in [0.717, 1.165) is 49.8 Å². The molecular weight excluding hydrogens is 304 g/mol. The number of halogens is 1. The Hall–Kier alpha value is 0.220. The topological polar surface area (TPSA) is 34.1 Å². The van der Waals surface area contributed by atoms with Crippen LogP contribution in [0.3, 0.4) is 0 Å². The largest absolute Gasteiger partial charge is 0.385 e. The van der Waals surface area contributed by atoms with Crippen LogP contribution in [0.2, 0.25) is 0 Å². The molecule has 0 radical (unpaired) electrons. The number of rotatable bonds is 8. The SMILES string of the molecule is COCCCN(CCOC)C1=NCC(CBr)S1. The van der Waals surface area contributed by atoms with E-state index < -0.39 is 0 Å². The summed E-state index contributed by atoms with van der Waals surface area (Å²) in [6, 6.07) is 0. The lowest BCUT2D eigenvalue weighted by Gasteiger charge is -2.23. The Morgan fingerprint density at radius 2 is 2.12 bits per heavy atom. The highest BCUT2D eigenvalue weighted by atomic mass is 79.9. The van der Waals surface area contributed by atoms with Crippen molar-refractivity contribution in [3.05, 3.63) is 0 Å². The van der Waals surface area contributed by atoms with Crippen LogP contribution < -0.4 is 0 Å². The Kier molecular flexibility index (Phi) is 8.26. The van der Waals surface area contributed by atoms with Crippen molar-refractivity contribution >= 4 is 32.9 Å². The first kappa shape index (κ1) is 15.3. The van der Waals surface area contributed by atoms with Crippen LogP contribution in [0.1, 0.15) is 6.42 Å². The molecule has 6 heteroatoms. The summed E-state index contributed by atoms with van der Waals surface area (Å²) in [5.41, 5.74) is 0. The van der Waals surface area contributed by atoms with Crippen LogP contribution in [-0.2, 0) is 9.47 Å². The minimum Gasteiger partial charge on any atom is -0.385 e. The lowest BCUT2D eigenvalue weighted by atomic mass is 10.4. The Balaban J connectivity index is 2.39. The highest BCUT2D eigenvalue weighted by Gasteiger charge is 2.22. The Morgan fingerprint density at radius 3 is 2.71 bits per heavy atom. The van der Waals surface area contributed by atoms with Crippen molar-refractivity contribution in [3.63, 3.8) is 0 Å². The molecule has 100 valence electrons. The normalized spacial score (nSPS) is 19.5. The van der Waals surface area contributed by atoms with Gasteiger partial charge in [-0.2, -0.15) is 0 Å². The first-order chi connectivity index (χ1) is 8.31. The van der Waals surface area contributed by atoms with Gasteiger partial charge in [0.1, 0.15) is 0 Å². The molecule has 1 aliphatic rings. The molecule has 0 bridgehead atoms. The van der Waals surface area contributed by atoms with Crippen molar-refractivity contribution in [2.75, 3.05) is 52.4 Å². The smallest absolute Gasteiger partial charge is 0.159 e. The van der Waals surface area contributed by atoms with E-state index in [2.05, 4.69) is 25.8 Å². The van der Waals surface area contributed by atoms with Crippen molar-refractivity contribution in [3.8, 4) is 0 Å². The van der Waals surface area contributed by atoms with Crippen LogP contribution >= 0.6 is 27.7 Å².